The number of nitrogens with one attached hydrogen (secondary N) is 1. The Kier molecular flexibility index (Phi) is 4.79. The Labute approximate surface area is 135 Å². The maximum absolute atomic E-state index is 13.3. The molecule has 2 N–H and O–H groups in total. The van der Waals surface area contributed by atoms with Gasteiger partial charge in [0.2, 0.25) is 5.60 Å². The van der Waals surface area contributed by atoms with Gasteiger partial charge in [0.05, 0.1) is 6.54 Å². The molecule has 1 atom stereocenters. The highest BCUT2D eigenvalue weighted by atomic mass is 19.4. The van der Waals surface area contributed by atoms with Crippen molar-refractivity contribution in [3.63, 3.8) is 0 Å². The van der Waals surface area contributed by atoms with Gasteiger partial charge in [0.25, 0.3) is 11.5 Å². The molecule has 5 nitrogen and oxygen atoms in total. The lowest BCUT2D eigenvalue weighted by Gasteiger charge is -2.31. The number of amides is 1. The van der Waals surface area contributed by atoms with E-state index in [1.807, 2.05) is 5.32 Å². The molecule has 0 saturated carbocycles. The summed E-state index contributed by atoms with van der Waals surface area (Å²) in [5.41, 5.74) is -4.18. The first-order valence-corrected chi connectivity index (χ1v) is 6.94. The molecule has 1 unspecified atom stereocenters. The minimum atomic E-state index is -4.99. The number of nitrogens with zero attached hydrogens (tertiary/aromatic N) is 1. The Morgan fingerprint density at radius 1 is 1.21 bits per heavy atom. The topological polar surface area (TPSA) is 71.3 Å². The highest BCUT2D eigenvalue weighted by molar-refractivity contribution is 5.94. The summed E-state index contributed by atoms with van der Waals surface area (Å²) >= 11 is 0. The van der Waals surface area contributed by atoms with Gasteiger partial charge in [0.15, 0.2) is 0 Å². The molecule has 0 saturated heterocycles. The largest absolute Gasteiger partial charge is 0.423 e. The van der Waals surface area contributed by atoms with Crippen molar-refractivity contribution < 1.29 is 23.1 Å². The zero-order chi connectivity index (χ0) is 18.0. The van der Waals surface area contributed by atoms with Crippen LogP contribution in [-0.2, 0) is 12.6 Å². The summed E-state index contributed by atoms with van der Waals surface area (Å²) in [5, 5.41) is 12.1. The smallest absolute Gasteiger partial charge is 0.375 e. The third kappa shape index (κ3) is 3.48. The van der Waals surface area contributed by atoms with Crippen LogP contribution in [0.5, 0.6) is 0 Å². The number of hydrogen-bond donors (Lipinski definition) is 2. The van der Waals surface area contributed by atoms with E-state index in [1.54, 1.807) is 0 Å². The number of carbonyl (C=O) groups is 1. The molecule has 0 aliphatic rings. The highest BCUT2D eigenvalue weighted by Gasteiger charge is 2.55. The molecule has 1 heterocycles. The van der Waals surface area contributed by atoms with Crippen molar-refractivity contribution in [2.45, 2.75) is 11.8 Å². The molecule has 0 spiro atoms. The molecule has 2 aromatic rings. The van der Waals surface area contributed by atoms with Crippen LogP contribution in [0.25, 0.3) is 0 Å². The molecule has 0 aliphatic heterocycles. The Balaban J connectivity index is 2.24. The van der Waals surface area contributed by atoms with Crippen molar-refractivity contribution in [2.24, 2.45) is 7.05 Å². The van der Waals surface area contributed by atoms with Gasteiger partial charge in [-0.25, -0.2) is 0 Å². The van der Waals surface area contributed by atoms with Crippen molar-refractivity contribution >= 4 is 5.91 Å². The minimum Gasteiger partial charge on any atom is -0.375 e. The molecule has 0 bridgehead atoms. The second-order valence-electron chi connectivity index (χ2n) is 5.27. The van der Waals surface area contributed by atoms with Crippen molar-refractivity contribution in [3.8, 4) is 0 Å². The van der Waals surface area contributed by atoms with Crippen LogP contribution in [0.2, 0.25) is 0 Å². The van der Waals surface area contributed by atoms with Gasteiger partial charge >= 0.3 is 6.18 Å². The molecule has 24 heavy (non-hydrogen) atoms. The third-order valence-electron chi connectivity index (χ3n) is 3.59. The summed E-state index contributed by atoms with van der Waals surface area (Å²) in [6.45, 7) is -1.07. The van der Waals surface area contributed by atoms with Crippen LogP contribution in [0.3, 0.4) is 0 Å². The second kappa shape index (κ2) is 6.48. The third-order valence-corrected chi connectivity index (χ3v) is 3.59. The predicted molar refractivity (Wildman–Crippen MR) is 80.4 cm³/mol. The van der Waals surface area contributed by atoms with Crippen LogP contribution in [0, 0.1) is 0 Å². The van der Waals surface area contributed by atoms with E-state index in [2.05, 4.69) is 0 Å². The summed E-state index contributed by atoms with van der Waals surface area (Å²) in [6, 6.07) is 8.77. The average molecular weight is 340 g/mol. The highest BCUT2D eigenvalue weighted by Crippen LogP contribution is 2.38. The van der Waals surface area contributed by atoms with E-state index in [9.17, 15) is 27.9 Å². The number of pyridine rings is 1. The van der Waals surface area contributed by atoms with Gasteiger partial charge in [0.1, 0.15) is 0 Å². The summed E-state index contributed by atoms with van der Waals surface area (Å²) in [5.74, 6) is -0.883. The van der Waals surface area contributed by atoms with E-state index in [0.29, 0.717) is 0 Å². The molecule has 2 rings (SSSR count). The Morgan fingerprint density at radius 2 is 1.83 bits per heavy atom. The predicted octanol–water partition coefficient (Wildman–Crippen LogP) is 1.57. The fourth-order valence-corrected chi connectivity index (χ4v) is 2.08. The standard InChI is InChI=1S/C16H15F3N2O3/c1-21-8-7-11(9-13(21)22)14(23)20-10-15(24,16(17,18)19)12-5-3-2-4-6-12/h2-9,24H,10H2,1H3,(H,20,23). The first-order valence-electron chi connectivity index (χ1n) is 6.94. The van der Waals surface area contributed by atoms with Crippen molar-refractivity contribution in [1.29, 1.82) is 0 Å². The number of aliphatic hydroxyl groups is 1. The minimum absolute atomic E-state index is 0.0873. The van der Waals surface area contributed by atoms with Gasteiger partial charge in [0, 0.05) is 24.9 Å². The van der Waals surface area contributed by atoms with Gasteiger partial charge in [-0.3, -0.25) is 9.59 Å². The lowest BCUT2D eigenvalue weighted by molar-refractivity contribution is -0.263. The Bertz CT molecular complexity index is 787. The van der Waals surface area contributed by atoms with E-state index in [1.165, 1.54) is 42.1 Å². The monoisotopic (exact) mass is 340 g/mol. The maximum Gasteiger partial charge on any atom is 0.423 e. The maximum atomic E-state index is 13.3. The average Bonchev–Trinajstić information content (AvgIpc) is 2.54. The number of halogens is 3. The number of carbonyl (C=O) groups excluding carboxylic acids is 1. The first-order chi connectivity index (χ1) is 11.1. The number of aromatic nitrogens is 1. The molecule has 1 amide bonds. The fraction of sp³-hybridized carbons (Fsp3) is 0.250. The van der Waals surface area contributed by atoms with Crippen molar-refractivity contribution in [1.82, 2.24) is 9.88 Å². The summed E-state index contributed by atoms with van der Waals surface area (Å²) in [6.07, 6.45) is -3.67. The zero-order valence-electron chi connectivity index (χ0n) is 12.7. The second-order valence-corrected chi connectivity index (χ2v) is 5.27. The van der Waals surface area contributed by atoms with Crippen LogP contribution >= 0.6 is 0 Å². The first kappa shape index (κ1) is 17.7. The lowest BCUT2D eigenvalue weighted by Crippen LogP contribution is -2.51. The van der Waals surface area contributed by atoms with E-state index in [4.69, 9.17) is 0 Å². The molecular formula is C16H15F3N2O3. The zero-order valence-corrected chi connectivity index (χ0v) is 12.7. The summed E-state index contributed by atoms with van der Waals surface area (Å²) < 4.78 is 41.1. The normalized spacial score (nSPS) is 14.0. The molecule has 128 valence electrons. The molecule has 0 aliphatic carbocycles. The van der Waals surface area contributed by atoms with Gasteiger partial charge in [-0.1, -0.05) is 30.3 Å². The van der Waals surface area contributed by atoms with Gasteiger partial charge in [-0.15, -0.1) is 0 Å². The van der Waals surface area contributed by atoms with Crippen molar-refractivity contribution in [2.75, 3.05) is 6.54 Å². The molecule has 1 aromatic carbocycles. The number of rotatable bonds is 4. The molecule has 0 radical (unpaired) electrons. The van der Waals surface area contributed by atoms with Gasteiger partial charge in [-0.2, -0.15) is 13.2 Å². The van der Waals surface area contributed by atoms with Crippen molar-refractivity contribution in [3.05, 3.63) is 70.1 Å². The van der Waals surface area contributed by atoms with E-state index < -0.39 is 29.8 Å². The summed E-state index contributed by atoms with van der Waals surface area (Å²) in [7, 11) is 1.47. The molecular weight excluding hydrogens is 325 g/mol. The quantitative estimate of drug-likeness (QED) is 0.887. The van der Waals surface area contributed by atoms with E-state index in [0.717, 1.165) is 18.2 Å². The van der Waals surface area contributed by atoms with E-state index >= 15 is 0 Å². The Hall–Kier alpha value is -2.61. The summed E-state index contributed by atoms with van der Waals surface area (Å²) in [4.78, 5) is 23.5. The number of hydrogen-bond acceptors (Lipinski definition) is 3. The van der Waals surface area contributed by atoms with E-state index in [-0.39, 0.29) is 11.1 Å². The molecule has 1 aromatic heterocycles. The van der Waals surface area contributed by atoms with Crippen LogP contribution in [-0.4, -0.2) is 28.3 Å². The molecule has 8 heteroatoms. The van der Waals surface area contributed by atoms with Crippen LogP contribution < -0.4 is 10.9 Å². The SMILES string of the molecule is Cn1ccc(C(=O)NCC(O)(c2ccccc2)C(F)(F)F)cc1=O. The van der Waals surface area contributed by atoms with Crippen LogP contribution in [0.1, 0.15) is 15.9 Å². The van der Waals surface area contributed by atoms with Gasteiger partial charge in [-0.05, 0) is 11.6 Å². The number of benzene rings is 1. The Morgan fingerprint density at radius 3 is 2.38 bits per heavy atom. The number of alkyl halides is 3. The van der Waals surface area contributed by atoms with Gasteiger partial charge < -0.3 is 15.0 Å². The number of aryl methyl sites for hydroxylation is 1. The van der Waals surface area contributed by atoms with Crippen LogP contribution in [0.15, 0.2) is 53.5 Å². The molecule has 0 fully saturated rings. The lowest BCUT2D eigenvalue weighted by atomic mass is 9.93. The van der Waals surface area contributed by atoms with Crippen LogP contribution in [0.4, 0.5) is 13.2 Å². The fourth-order valence-electron chi connectivity index (χ4n) is 2.08.